The molecule has 1 unspecified atom stereocenters. The Bertz CT molecular complexity index is 595. The Morgan fingerprint density at radius 3 is 2.62 bits per heavy atom. The maximum absolute atomic E-state index is 6.33. The molecule has 1 aromatic carbocycles. The lowest BCUT2D eigenvalue weighted by atomic mass is 10.0. The lowest BCUT2D eigenvalue weighted by Gasteiger charge is -2.17. The molecule has 114 valence electrons. The van der Waals surface area contributed by atoms with Crippen LogP contribution in [0.4, 0.5) is 0 Å². The second-order valence-corrected chi connectivity index (χ2v) is 6.12. The van der Waals surface area contributed by atoms with Crippen LogP contribution in [0.15, 0.2) is 30.5 Å². The molecule has 0 bridgehead atoms. The van der Waals surface area contributed by atoms with E-state index in [9.17, 15) is 0 Å². The Kier molecular flexibility index (Phi) is 5.65. The largest absolute Gasteiger partial charge is 0.322 e. The van der Waals surface area contributed by atoms with Crippen molar-refractivity contribution in [3.8, 4) is 0 Å². The van der Waals surface area contributed by atoms with Gasteiger partial charge in [-0.3, -0.25) is 4.68 Å². The van der Waals surface area contributed by atoms with Crippen LogP contribution in [-0.2, 0) is 13.0 Å². The van der Waals surface area contributed by atoms with Crippen molar-refractivity contribution in [1.82, 2.24) is 14.7 Å². The molecule has 2 rings (SSSR count). The number of hydrogen-bond acceptors (Lipinski definition) is 3. The van der Waals surface area contributed by atoms with E-state index in [1.807, 2.05) is 43.0 Å². The molecule has 1 aromatic heterocycles. The number of rotatable bonds is 6. The molecule has 4 nitrogen and oxygen atoms in total. The second kappa shape index (κ2) is 7.27. The molecule has 1 heterocycles. The Balaban J connectivity index is 2.17. The number of halogens is 2. The van der Waals surface area contributed by atoms with Crippen LogP contribution in [-0.4, -0.2) is 35.3 Å². The zero-order valence-electron chi connectivity index (χ0n) is 12.3. The van der Waals surface area contributed by atoms with Gasteiger partial charge in [0.2, 0.25) is 0 Å². The fourth-order valence-electron chi connectivity index (χ4n) is 2.21. The molecule has 0 spiro atoms. The van der Waals surface area contributed by atoms with Gasteiger partial charge in [-0.1, -0.05) is 41.4 Å². The summed E-state index contributed by atoms with van der Waals surface area (Å²) >= 11 is 12.4. The number of nitrogens with zero attached hydrogens (tertiary/aromatic N) is 3. The minimum atomic E-state index is -0.234. The van der Waals surface area contributed by atoms with Gasteiger partial charge in [-0.15, -0.1) is 0 Å². The van der Waals surface area contributed by atoms with Crippen LogP contribution in [0.5, 0.6) is 0 Å². The fourth-order valence-corrected chi connectivity index (χ4v) is 2.71. The van der Waals surface area contributed by atoms with Gasteiger partial charge in [0.25, 0.3) is 0 Å². The highest BCUT2D eigenvalue weighted by atomic mass is 35.5. The number of nitrogens with two attached hydrogens (primary N) is 1. The van der Waals surface area contributed by atoms with Gasteiger partial charge in [0.15, 0.2) is 0 Å². The summed E-state index contributed by atoms with van der Waals surface area (Å²) in [5.41, 5.74) is 8.21. The van der Waals surface area contributed by atoms with Gasteiger partial charge >= 0.3 is 0 Å². The predicted octanol–water partition coefficient (Wildman–Crippen LogP) is 2.99. The van der Waals surface area contributed by atoms with E-state index in [-0.39, 0.29) is 6.04 Å². The quantitative estimate of drug-likeness (QED) is 0.887. The zero-order chi connectivity index (χ0) is 15.4. The molecule has 0 fully saturated rings. The number of benzene rings is 1. The molecular formula is C15H20Cl2N4. The van der Waals surface area contributed by atoms with Gasteiger partial charge in [0.05, 0.1) is 29.5 Å². The number of likely N-dealkylation sites (N-methyl/N-ethyl adjacent to an activating group) is 1. The van der Waals surface area contributed by atoms with Gasteiger partial charge in [0.1, 0.15) is 0 Å². The van der Waals surface area contributed by atoms with Gasteiger partial charge in [-0.2, -0.15) is 5.10 Å². The average Bonchev–Trinajstić information content (AvgIpc) is 2.80. The summed E-state index contributed by atoms with van der Waals surface area (Å²) in [4.78, 5) is 2.10. The van der Waals surface area contributed by atoms with Crippen molar-refractivity contribution in [3.05, 3.63) is 51.8 Å². The number of aromatic nitrogens is 2. The molecule has 2 N–H and O–H groups in total. The Morgan fingerprint density at radius 2 is 1.95 bits per heavy atom. The summed E-state index contributed by atoms with van der Waals surface area (Å²) in [5.74, 6) is 0. The molecule has 1 atom stereocenters. The third kappa shape index (κ3) is 4.20. The molecule has 21 heavy (non-hydrogen) atoms. The first-order valence-electron chi connectivity index (χ1n) is 6.84. The molecule has 0 aliphatic heterocycles. The molecule has 0 aliphatic carbocycles. The normalized spacial score (nSPS) is 12.9. The third-order valence-electron chi connectivity index (χ3n) is 3.34. The lowest BCUT2D eigenvalue weighted by molar-refractivity contribution is 0.366. The Labute approximate surface area is 135 Å². The van der Waals surface area contributed by atoms with Crippen LogP contribution in [0.2, 0.25) is 10.0 Å². The standard InChI is InChI=1S/C15H20Cl2N4/c1-20(2)7-8-21-15(13(17)10-19-21)14(18)9-11-5-3-4-6-12(11)16/h3-6,10,14H,7-9,18H2,1-2H3. The van der Waals surface area contributed by atoms with Gasteiger partial charge in [-0.05, 0) is 32.1 Å². The monoisotopic (exact) mass is 326 g/mol. The average molecular weight is 327 g/mol. The summed E-state index contributed by atoms with van der Waals surface area (Å²) in [6.07, 6.45) is 2.28. The molecule has 0 aliphatic rings. The summed E-state index contributed by atoms with van der Waals surface area (Å²) in [6, 6.07) is 7.48. The topological polar surface area (TPSA) is 47.1 Å². The van der Waals surface area contributed by atoms with Crippen LogP contribution in [0, 0.1) is 0 Å². The molecule has 0 radical (unpaired) electrons. The molecule has 0 saturated heterocycles. The van der Waals surface area contributed by atoms with Crippen molar-refractivity contribution in [2.75, 3.05) is 20.6 Å². The fraction of sp³-hybridized carbons (Fsp3) is 0.400. The van der Waals surface area contributed by atoms with E-state index in [4.69, 9.17) is 28.9 Å². The molecule has 0 amide bonds. The minimum absolute atomic E-state index is 0.234. The van der Waals surface area contributed by atoms with Crippen LogP contribution in [0.1, 0.15) is 17.3 Å². The van der Waals surface area contributed by atoms with Gasteiger partial charge in [-0.25, -0.2) is 0 Å². The van der Waals surface area contributed by atoms with Crippen molar-refractivity contribution in [2.24, 2.45) is 5.73 Å². The number of hydrogen-bond donors (Lipinski definition) is 1. The SMILES string of the molecule is CN(C)CCn1ncc(Cl)c1C(N)Cc1ccccc1Cl. The third-order valence-corrected chi connectivity index (χ3v) is 4.00. The van der Waals surface area contributed by atoms with E-state index in [0.29, 0.717) is 11.4 Å². The summed E-state index contributed by atoms with van der Waals surface area (Å²) < 4.78 is 1.88. The van der Waals surface area contributed by atoms with Crippen molar-refractivity contribution < 1.29 is 0 Å². The van der Waals surface area contributed by atoms with Crippen molar-refractivity contribution in [1.29, 1.82) is 0 Å². The van der Waals surface area contributed by atoms with E-state index in [2.05, 4.69) is 10.00 Å². The van der Waals surface area contributed by atoms with Crippen LogP contribution < -0.4 is 5.73 Å². The highest BCUT2D eigenvalue weighted by molar-refractivity contribution is 6.31. The molecule has 2 aromatic rings. The van der Waals surface area contributed by atoms with Crippen molar-refractivity contribution >= 4 is 23.2 Å². The van der Waals surface area contributed by atoms with Crippen LogP contribution in [0.3, 0.4) is 0 Å². The highest BCUT2D eigenvalue weighted by Crippen LogP contribution is 2.26. The van der Waals surface area contributed by atoms with E-state index < -0.39 is 0 Å². The van der Waals surface area contributed by atoms with E-state index in [1.54, 1.807) is 6.20 Å². The second-order valence-electron chi connectivity index (χ2n) is 5.31. The first kappa shape index (κ1) is 16.3. The maximum atomic E-state index is 6.33. The van der Waals surface area contributed by atoms with Gasteiger partial charge in [0, 0.05) is 11.6 Å². The zero-order valence-corrected chi connectivity index (χ0v) is 13.8. The molecule has 0 saturated carbocycles. The van der Waals surface area contributed by atoms with Crippen molar-refractivity contribution in [3.63, 3.8) is 0 Å². The molecule has 6 heteroatoms. The summed E-state index contributed by atoms with van der Waals surface area (Å²) in [6.45, 7) is 1.63. The van der Waals surface area contributed by atoms with Crippen LogP contribution >= 0.6 is 23.2 Å². The summed E-state index contributed by atoms with van der Waals surface area (Å²) in [7, 11) is 4.04. The Hall–Kier alpha value is -1.07. The maximum Gasteiger partial charge on any atom is 0.0834 e. The molecular weight excluding hydrogens is 307 g/mol. The Morgan fingerprint density at radius 1 is 1.24 bits per heavy atom. The van der Waals surface area contributed by atoms with Gasteiger partial charge < -0.3 is 10.6 Å². The van der Waals surface area contributed by atoms with E-state index in [0.717, 1.165) is 29.4 Å². The minimum Gasteiger partial charge on any atom is -0.322 e. The van der Waals surface area contributed by atoms with E-state index >= 15 is 0 Å². The van der Waals surface area contributed by atoms with Crippen molar-refractivity contribution in [2.45, 2.75) is 19.0 Å². The summed E-state index contributed by atoms with van der Waals surface area (Å²) in [5, 5.41) is 5.65. The lowest BCUT2D eigenvalue weighted by Crippen LogP contribution is -2.24. The smallest absolute Gasteiger partial charge is 0.0834 e. The van der Waals surface area contributed by atoms with E-state index in [1.165, 1.54) is 0 Å². The highest BCUT2D eigenvalue weighted by Gasteiger charge is 2.18. The first-order chi connectivity index (χ1) is 9.99. The predicted molar refractivity (Wildman–Crippen MR) is 87.9 cm³/mol. The first-order valence-corrected chi connectivity index (χ1v) is 7.59. The van der Waals surface area contributed by atoms with Crippen LogP contribution in [0.25, 0.3) is 0 Å².